The predicted molar refractivity (Wildman–Crippen MR) is 75.7 cm³/mol. The maximum Gasteiger partial charge on any atom is 0.343 e. The number of aromatic nitrogens is 2. The van der Waals surface area contributed by atoms with Crippen LogP contribution in [0.15, 0.2) is 6.20 Å². The Balaban J connectivity index is 1.78. The number of hydrogen-bond donors (Lipinski definition) is 0. The van der Waals surface area contributed by atoms with Gasteiger partial charge >= 0.3 is 5.82 Å². The summed E-state index contributed by atoms with van der Waals surface area (Å²) in [6.07, 6.45) is 7.82. The van der Waals surface area contributed by atoms with Gasteiger partial charge in [0.25, 0.3) is 5.91 Å². The van der Waals surface area contributed by atoms with Crippen LogP contribution in [0.5, 0.6) is 0 Å². The first-order valence-electron chi connectivity index (χ1n) is 7.55. The van der Waals surface area contributed by atoms with Gasteiger partial charge in [0.05, 0.1) is 0 Å². The molecule has 0 N–H and O–H groups in total. The molecule has 7 heteroatoms. The van der Waals surface area contributed by atoms with Crippen molar-refractivity contribution in [2.75, 3.05) is 0 Å². The largest absolute Gasteiger partial charge is 0.358 e. The SMILES string of the molecule is Cc1ncc([N+](=O)[O-])n1CC(=O)N(C1CCCC1)C1CC1. The molecule has 0 unspecified atom stereocenters. The zero-order valence-electron chi connectivity index (χ0n) is 12.2. The van der Waals surface area contributed by atoms with Gasteiger partial charge in [0, 0.05) is 19.0 Å². The normalized spacial score (nSPS) is 18.9. The Bertz CT molecular complexity index is 559. The molecule has 2 saturated carbocycles. The van der Waals surface area contributed by atoms with Crippen LogP contribution >= 0.6 is 0 Å². The van der Waals surface area contributed by atoms with Gasteiger partial charge in [-0.25, -0.2) is 9.55 Å². The molecule has 0 bridgehead atoms. The zero-order chi connectivity index (χ0) is 15.0. The van der Waals surface area contributed by atoms with Crippen molar-refractivity contribution >= 4 is 11.7 Å². The van der Waals surface area contributed by atoms with Gasteiger partial charge in [-0.15, -0.1) is 0 Å². The van der Waals surface area contributed by atoms with Crippen molar-refractivity contribution in [1.82, 2.24) is 14.5 Å². The number of nitrogens with zero attached hydrogens (tertiary/aromatic N) is 4. The summed E-state index contributed by atoms with van der Waals surface area (Å²) >= 11 is 0. The van der Waals surface area contributed by atoms with Crippen molar-refractivity contribution in [2.24, 2.45) is 0 Å². The first kappa shape index (κ1) is 14.0. The highest BCUT2D eigenvalue weighted by atomic mass is 16.6. The summed E-state index contributed by atoms with van der Waals surface area (Å²) in [6.45, 7) is 1.71. The highest BCUT2D eigenvalue weighted by Crippen LogP contribution is 2.34. The van der Waals surface area contributed by atoms with E-state index in [1.807, 2.05) is 4.90 Å². The summed E-state index contributed by atoms with van der Waals surface area (Å²) < 4.78 is 1.41. The van der Waals surface area contributed by atoms with Crippen LogP contribution in [-0.4, -0.2) is 37.4 Å². The van der Waals surface area contributed by atoms with Crippen LogP contribution in [0.2, 0.25) is 0 Å². The van der Waals surface area contributed by atoms with E-state index in [9.17, 15) is 14.9 Å². The van der Waals surface area contributed by atoms with Crippen LogP contribution in [0.25, 0.3) is 0 Å². The number of aryl methyl sites for hydroxylation is 1. The third-order valence-corrected chi connectivity index (χ3v) is 4.46. The summed E-state index contributed by atoms with van der Waals surface area (Å²) in [7, 11) is 0. The van der Waals surface area contributed by atoms with Crippen molar-refractivity contribution in [3.8, 4) is 0 Å². The number of carbonyl (C=O) groups is 1. The first-order chi connectivity index (χ1) is 10.1. The lowest BCUT2D eigenvalue weighted by atomic mass is 10.2. The molecule has 114 valence electrons. The molecule has 0 radical (unpaired) electrons. The van der Waals surface area contributed by atoms with E-state index in [-0.39, 0.29) is 18.3 Å². The van der Waals surface area contributed by atoms with Gasteiger partial charge in [0.2, 0.25) is 0 Å². The third kappa shape index (κ3) is 2.77. The van der Waals surface area contributed by atoms with Gasteiger partial charge < -0.3 is 15.0 Å². The minimum atomic E-state index is -0.482. The number of amides is 1. The lowest BCUT2D eigenvalue weighted by Gasteiger charge is -2.28. The fourth-order valence-corrected chi connectivity index (χ4v) is 3.25. The number of rotatable bonds is 5. The molecule has 0 aliphatic heterocycles. The summed E-state index contributed by atoms with van der Waals surface area (Å²) in [5, 5.41) is 11.0. The lowest BCUT2D eigenvalue weighted by molar-refractivity contribution is -0.392. The van der Waals surface area contributed by atoms with Crippen LogP contribution in [-0.2, 0) is 11.3 Å². The van der Waals surface area contributed by atoms with Crippen molar-refractivity contribution in [1.29, 1.82) is 0 Å². The molecular weight excluding hydrogens is 272 g/mol. The molecule has 2 aliphatic rings. The number of imidazole rings is 1. The zero-order valence-corrected chi connectivity index (χ0v) is 12.2. The number of nitro groups is 1. The maximum absolute atomic E-state index is 12.7. The standard InChI is InChI=1S/C14H20N4O3/c1-10-15-8-13(18(20)21)16(10)9-14(19)17(12-6-7-12)11-4-2-3-5-11/h8,11-12H,2-7,9H2,1H3. The fraction of sp³-hybridized carbons (Fsp3) is 0.714. The van der Waals surface area contributed by atoms with E-state index in [0.29, 0.717) is 17.9 Å². The van der Waals surface area contributed by atoms with Gasteiger partial charge in [-0.05, 0) is 30.6 Å². The smallest absolute Gasteiger partial charge is 0.343 e. The van der Waals surface area contributed by atoms with Crippen LogP contribution in [0, 0.1) is 17.0 Å². The topological polar surface area (TPSA) is 81.3 Å². The van der Waals surface area contributed by atoms with Crippen molar-refractivity contribution in [2.45, 2.75) is 64.1 Å². The molecule has 1 aromatic heterocycles. The first-order valence-corrected chi connectivity index (χ1v) is 7.55. The van der Waals surface area contributed by atoms with Crippen molar-refractivity contribution in [3.05, 3.63) is 22.1 Å². The van der Waals surface area contributed by atoms with Crippen molar-refractivity contribution < 1.29 is 9.72 Å². The highest BCUT2D eigenvalue weighted by Gasteiger charge is 2.39. The Hall–Kier alpha value is -1.92. The molecule has 1 amide bonds. The molecule has 21 heavy (non-hydrogen) atoms. The van der Waals surface area contributed by atoms with E-state index in [1.54, 1.807) is 6.92 Å². The van der Waals surface area contributed by atoms with E-state index in [1.165, 1.54) is 23.6 Å². The summed E-state index contributed by atoms with van der Waals surface area (Å²) in [5.41, 5.74) is 0. The van der Waals surface area contributed by atoms with Gasteiger partial charge in [0.15, 0.2) is 12.4 Å². The summed E-state index contributed by atoms with van der Waals surface area (Å²) in [4.78, 5) is 29.1. The lowest BCUT2D eigenvalue weighted by Crippen LogP contribution is -2.42. The number of hydrogen-bond acceptors (Lipinski definition) is 4. The molecular formula is C14H20N4O3. The Morgan fingerprint density at radius 1 is 1.38 bits per heavy atom. The minimum absolute atomic E-state index is 0.00593. The average molecular weight is 292 g/mol. The van der Waals surface area contributed by atoms with E-state index in [0.717, 1.165) is 25.7 Å². The quantitative estimate of drug-likeness (QED) is 0.614. The molecule has 2 fully saturated rings. The van der Waals surface area contributed by atoms with Crippen LogP contribution in [0.1, 0.15) is 44.3 Å². The highest BCUT2D eigenvalue weighted by molar-refractivity contribution is 5.77. The Labute approximate surface area is 123 Å². The molecule has 0 aromatic carbocycles. The molecule has 0 atom stereocenters. The van der Waals surface area contributed by atoms with Gasteiger partial charge in [-0.1, -0.05) is 12.8 Å². The second-order valence-electron chi connectivity index (χ2n) is 5.98. The fourth-order valence-electron chi connectivity index (χ4n) is 3.25. The molecule has 0 saturated heterocycles. The number of carbonyl (C=O) groups excluding carboxylic acids is 1. The Morgan fingerprint density at radius 3 is 2.57 bits per heavy atom. The molecule has 1 aromatic rings. The van der Waals surface area contributed by atoms with Gasteiger partial charge in [0.1, 0.15) is 6.20 Å². The molecule has 2 aliphatic carbocycles. The van der Waals surface area contributed by atoms with Crippen LogP contribution in [0.3, 0.4) is 0 Å². The maximum atomic E-state index is 12.7. The Kier molecular flexibility index (Phi) is 3.65. The Morgan fingerprint density at radius 2 is 2.00 bits per heavy atom. The molecule has 7 nitrogen and oxygen atoms in total. The predicted octanol–water partition coefficient (Wildman–Crippen LogP) is 2.03. The van der Waals surface area contributed by atoms with E-state index >= 15 is 0 Å². The summed E-state index contributed by atoms with van der Waals surface area (Å²) in [5.74, 6) is 0.397. The third-order valence-electron chi connectivity index (χ3n) is 4.46. The van der Waals surface area contributed by atoms with Crippen molar-refractivity contribution in [3.63, 3.8) is 0 Å². The average Bonchev–Trinajstić information content (AvgIpc) is 2.97. The monoisotopic (exact) mass is 292 g/mol. The van der Waals surface area contributed by atoms with Gasteiger partial charge in [-0.2, -0.15) is 0 Å². The second kappa shape index (κ2) is 5.46. The molecule has 3 rings (SSSR count). The van der Waals surface area contributed by atoms with E-state index in [2.05, 4.69) is 4.98 Å². The second-order valence-corrected chi connectivity index (χ2v) is 5.98. The van der Waals surface area contributed by atoms with Crippen LogP contribution < -0.4 is 0 Å². The van der Waals surface area contributed by atoms with E-state index < -0.39 is 4.92 Å². The molecule has 1 heterocycles. The minimum Gasteiger partial charge on any atom is -0.358 e. The van der Waals surface area contributed by atoms with Crippen LogP contribution in [0.4, 0.5) is 5.82 Å². The van der Waals surface area contributed by atoms with E-state index in [4.69, 9.17) is 0 Å². The summed E-state index contributed by atoms with van der Waals surface area (Å²) in [6, 6.07) is 0.677. The van der Waals surface area contributed by atoms with Gasteiger partial charge in [-0.3, -0.25) is 4.79 Å². The molecule has 0 spiro atoms.